The second kappa shape index (κ2) is 8.11. The van der Waals surface area contributed by atoms with Crippen LogP contribution in [0, 0.1) is 11.2 Å². The van der Waals surface area contributed by atoms with E-state index >= 15 is 0 Å². The van der Waals surface area contributed by atoms with E-state index < -0.39 is 5.41 Å². The molecular weight excluding hydrogens is 307 g/mol. The third kappa shape index (κ3) is 4.10. The lowest BCUT2D eigenvalue weighted by Gasteiger charge is -2.43. The lowest BCUT2D eigenvalue weighted by Crippen LogP contribution is -2.49. The first-order valence-electron chi connectivity index (χ1n) is 7.38. The van der Waals surface area contributed by atoms with Crippen molar-refractivity contribution in [3.05, 3.63) is 29.6 Å². The van der Waals surface area contributed by atoms with E-state index in [2.05, 4.69) is 10.2 Å². The fourth-order valence-electron chi connectivity index (χ4n) is 3.06. The Morgan fingerprint density at radius 1 is 1.36 bits per heavy atom. The van der Waals surface area contributed by atoms with Gasteiger partial charge in [-0.3, -0.25) is 4.90 Å². The van der Waals surface area contributed by atoms with Gasteiger partial charge < -0.3 is 15.2 Å². The molecule has 1 aliphatic heterocycles. The van der Waals surface area contributed by atoms with Crippen LogP contribution in [0.15, 0.2) is 18.2 Å². The molecule has 1 saturated heterocycles. The van der Waals surface area contributed by atoms with Gasteiger partial charge in [0.05, 0.1) is 7.11 Å². The van der Waals surface area contributed by atoms with Crippen molar-refractivity contribution in [3.8, 4) is 5.75 Å². The highest BCUT2D eigenvalue weighted by Crippen LogP contribution is 2.42. The highest BCUT2D eigenvalue weighted by Gasteiger charge is 2.37. The Hall–Kier alpha value is -0.880. The molecule has 126 valence electrons. The molecule has 0 saturated carbocycles. The summed E-state index contributed by atoms with van der Waals surface area (Å²) in [7, 11) is 1.59. The van der Waals surface area contributed by atoms with Crippen molar-refractivity contribution in [1.29, 1.82) is 0 Å². The summed E-state index contributed by atoms with van der Waals surface area (Å²) < 4.78 is 19.2. The monoisotopic (exact) mass is 332 g/mol. The lowest BCUT2D eigenvalue weighted by molar-refractivity contribution is 0.0291. The van der Waals surface area contributed by atoms with Gasteiger partial charge in [0.25, 0.3) is 0 Å². The predicted molar refractivity (Wildman–Crippen MR) is 88.3 cm³/mol. The molecule has 0 unspecified atom stereocenters. The van der Waals surface area contributed by atoms with Crippen molar-refractivity contribution in [2.45, 2.75) is 19.9 Å². The first-order valence-corrected chi connectivity index (χ1v) is 7.38. The molecule has 2 N–H and O–H groups in total. The zero-order valence-corrected chi connectivity index (χ0v) is 14.3. The van der Waals surface area contributed by atoms with Crippen LogP contribution < -0.4 is 10.1 Å². The SMILES string of the molecule is COc1ccc(F)cc1[C@H](N1CCNCC1)C(C)(C)CO.Cl. The summed E-state index contributed by atoms with van der Waals surface area (Å²) in [6.45, 7) is 7.57. The maximum Gasteiger partial charge on any atom is 0.123 e. The highest BCUT2D eigenvalue weighted by atomic mass is 35.5. The number of rotatable bonds is 5. The van der Waals surface area contributed by atoms with Gasteiger partial charge in [-0.25, -0.2) is 4.39 Å². The maximum absolute atomic E-state index is 13.8. The Morgan fingerprint density at radius 2 is 2.00 bits per heavy atom. The molecule has 0 aliphatic carbocycles. The molecule has 1 aromatic rings. The second-order valence-corrected chi connectivity index (χ2v) is 6.22. The van der Waals surface area contributed by atoms with Crippen molar-refractivity contribution in [2.75, 3.05) is 39.9 Å². The van der Waals surface area contributed by atoms with Crippen molar-refractivity contribution < 1.29 is 14.2 Å². The summed E-state index contributed by atoms with van der Waals surface area (Å²) in [4.78, 5) is 2.30. The Balaban J connectivity index is 0.00000242. The predicted octanol–water partition coefficient (Wildman–Crippen LogP) is 2.22. The molecule has 2 rings (SSSR count). The van der Waals surface area contributed by atoms with Crippen molar-refractivity contribution in [3.63, 3.8) is 0 Å². The molecule has 0 aromatic heterocycles. The molecular formula is C16H26ClFN2O2. The van der Waals surface area contributed by atoms with E-state index in [1.807, 2.05) is 13.8 Å². The van der Waals surface area contributed by atoms with Crippen LogP contribution >= 0.6 is 12.4 Å². The molecule has 0 amide bonds. The Kier molecular flexibility index (Phi) is 7.06. The van der Waals surface area contributed by atoms with Gasteiger partial charge in [-0.1, -0.05) is 13.8 Å². The molecule has 4 nitrogen and oxygen atoms in total. The normalized spacial score (nSPS) is 17.7. The van der Waals surface area contributed by atoms with Gasteiger partial charge in [0.1, 0.15) is 11.6 Å². The van der Waals surface area contributed by atoms with Gasteiger partial charge in [-0.05, 0) is 18.2 Å². The first-order chi connectivity index (χ1) is 9.99. The number of benzene rings is 1. The van der Waals surface area contributed by atoms with Gasteiger partial charge in [-0.2, -0.15) is 0 Å². The number of hydrogen-bond acceptors (Lipinski definition) is 4. The number of aliphatic hydroxyl groups excluding tert-OH is 1. The molecule has 1 fully saturated rings. The van der Waals surface area contributed by atoms with E-state index in [9.17, 15) is 9.50 Å². The van der Waals surface area contributed by atoms with Crippen LogP contribution in [0.5, 0.6) is 5.75 Å². The summed E-state index contributed by atoms with van der Waals surface area (Å²) in [5.41, 5.74) is 0.414. The van der Waals surface area contributed by atoms with Crippen molar-refractivity contribution in [2.24, 2.45) is 5.41 Å². The van der Waals surface area contributed by atoms with Gasteiger partial charge in [0.15, 0.2) is 0 Å². The fourth-order valence-corrected chi connectivity index (χ4v) is 3.06. The minimum Gasteiger partial charge on any atom is -0.496 e. The van der Waals surface area contributed by atoms with Crippen LogP contribution in [0.2, 0.25) is 0 Å². The van der Waals surface area contributed by atoms with Crippen LogP contribution in [0.25, 0.3) is 0 Å². The van der Waals surface area contributed by atoms with E-state index in [4.69, 9.17) is 4.74 Å². The molecule has 0 bridgehead atoms. The maximum atomic E-state index is 13.8. The minimum atomic E-state index is -0.390. The zero-order chi connectivity index (χ0) is 15.5. The Labute approximate surface area is 138 Å². The van der Waals surface area contributed by atoms with E-state index in [-0.39, 0.29) is 30.9 Å². The van der Waals surface area contributed by atoms with Crippen LogP contribution in [0.4, 0.5) is 4.39 Å². The van der Waals surface area contributed by atoms with Crippen LogP contribution in [0.1, 0.15) is 25.5 Å². The van der Waals surface area contributed by atoms with Crippen LogP contribution in [0.3, 0.4) is 0 Å². The number of nitrogens with one attached hydrogen (secondary N) is 1. The zero-order valence-electron chi connectivity index (χ0n) is 13.4. The number of aliphatic hydroxyl groups is 1. The number of piperazine rings is 1. The number of hydrogen-bond donors (Lipinski definition) is 2. The third-order valence-corrected chi connectivity index (χ3v) is 4.15. The standard InChI is InChI=1S/C16H25FN2O2.ClH/c1-16(2,11-20)15(19-8-6-18-7-9-19)13-10-12(17)4-5-14(13)21-3;/h4-5,10,15,18,20H,6-9,11H2,1-3H3;1H/t15-;/m0./s1. The van der Waals surface area contributed by atoms with E-state index in [0.717, 1.165) is 31.7 Å². The quantitative estimate of drug-likeness (QED) is 0.868. The van der Waals surface area contributed by atoms with E-state index in [1.54, 1.807) is 13.2 Å². The number of halogens is 2. The lowest BCUT2D eigenvalue weighted by atomic mass is 9.79. The van der Waals surface area contributed by atoms with Crippen molar-refractivity contribution >= 4 is 12.4 Å². The average molecular weight is 333 g/mol. The Bertz CT molecular complexity index is 479. The topological polar surface area (TPSA) is 44.7 Å². The molecule has 1 atom stereocenters. The minimum absolute atomic E-state index is 0. The van der Waals surface area contributed by atoms with E-state index in [1.165, 1.54) is 12.1 Å². The van der Waals surface area contributed by atoms with E-state index in [0.29, 0.717) is 5.75 Å². The first kappa shape index (κ1) is 19.2. The number of ether oxygens (including phenoxy) is 1. The molecule has 6 heteroatoms. The van der Waals surface area contributed by atoms with Crippen LogP contribution in [-0.4, -0.2) is 49.9 Å². The molecule has 1 aromatic carbocycles. The number of nitrogens with zero attached hydrogens (tertiary/aromatic N) is 1. The Morgan fingerprint density at radius 3 is 2.55 bits per heavy atom. The molecule has 22 heavy (non-hydrogen) atoms. The summed E-state index contributed by atoms with van der Waals surface area (Å²) >= 11 is 0. The second-order valence-electron chi connectivity index (χ2n) is 6.22. The molecule has 1 aliphatic rings. The fraction of sp³-hybridized carbons (Fsp3) is 0.625. The third-order valence-electron chi connectivity index (χ3n) is 4.15. The average Bonchev–Trinajstić information content (AvgIpc) is 2.48. The molecule has 1 heterocycles. The van der Waals surface area contributed by atoms with Gasteiger partial charge in [0, 0.05) is 49.8 Å². The highest BCUT2D eigenvalue weighted by molar-refractivity contribution is 5.85. The smallest absolute Gasteiger partial charge is 0.123 e. The summed E-state index contributed by atoms with van der Waals surface area (Å²) in [6.07, 6.45) is 0. The van der Waals surface area contributed by atoms with Crippen molar-refractivity contribution in [1.82, 2.24) is 10.2 Å². The number of methoxy groups -OCH3 is 1. The molecule has 0 radical (unpaired) electrons. The van der Waals surface area contributed by atoms with Gasteiger partial charge in [0.2, 0.25) is 0 Å². The largest absolute Gasteiger partial charge is 0.496 e. The summed E-state index contributed by atoms with van der Waals surface area (Å²) in [5, 5.41) is 13.1. The molecule has 0 spiro atoms. The van der Waals surface area contributed by atoms with Gasteiger partial charge >= 0.3 is 0 Å². The summed E-state index contributed by atoms with van der Waals surface area (Å²) in [5.74, 6) is 0.390. The van der Waals surface area contributed by atoms with Gasteiger partial charge in [-0.15, -0.1) is 12.4 Å². The summed E-state index contributed by atoms with van der Waals surface area (Å²) in [6, 6.07) is 4.51. The van der Waals surface area contributed by atoms with Crippen LogP contribution in [-0.2, 0) is 0 Å².